The zero-order chi connectivity index (χ0) is 19.7. The van der Waals surface area contributed by atoms with Gasteiger partial charge in [0, 0.05) is 5.02 Å². The van der Waals surface area contributed by atoms with Gasteiger partial charge in [0.2, 0.25) is 11.8 Å². The number of hydrogen-bond donors (Lipinski definition) is 0. The molecule has 4 rings (SSSR count). The fraction of sp³-hybridized carbons (Fsp3) is 0.318. The van der Waals surface area contributed by atoms with Crippen LogP contribution in [0.3, 0.4) is 0 Å². The molecule has 2 aliphatic rings. The molecule has 0 unspecified atom stereocenters. The average Bonchev–Trinajstić information content (AvgIpc) is 2.98. The largest absolute Gasteiger partial charge is 0.457 e. The SMILES string of the molecule is O=C(OCc1ccc(Cl)cc1)c1cccc(N2C(=O)[C@@H]3CCCC[C@H]3C2=O)c1. The predicted octanol–water partition coefficient (Wildman–Crippen LogP) is 4.38. The summed E-state index contributed by atoms with van der Waals surface area (Å²) in [5.41, 5.74) is 1.56. The summed E-state index contributed by atoms with van der Waals surface area (Å²) in [4.78, 5) is 39.2. The Morgan fingerprint density at radius 1 is 1.00 bits per heavy atom. The first kappa shape index (κ1) is 18.7. The van der Waals surface area contributed by atoms with Crippen molar-refractivity contribution in [1.82, 2.24) is 0 Å². The lowest BCUT2D eigenvalue weighted by Gasteiger charge is -2.19. The van der Waals surface area contributed by atoms with E-state index in [4.69, 9.17) is 16.3 Å². The van der Waals surface area contributed by atoms with E-state index in [-0.39, 0.29) is 30.3 Å². The molecule has 1 aliphatic carbocycles. The summed E-state index contributed by atoms with van der Waals surface area (Å²) < 4.78 is 5.35. The maximum Gasteiger partial charge on any atom is 0.338 e. The Balaban J connectivity index is 1.49. The third-order valence-electron chi connectivity index (χ3n) is 5.46. The molecule has 0 radical (unpaired) electrons. The van der Waals surface area contributed by atoms with Crippen molar-refractivity contribution in [2.24, 2.45) is 11.8 Å². The van der Waals surface area contributed by atoms with Gasteiger partial charge in [0.25, 0.3) is 0 Å². The predicted molar refractivity (Wildman–Crippen MR) is 105 cm³/mol. The summed E-state index contributed by atoms with van der Waals surface area (Å²) in [5, 5.41) is 0.614. The molecule has 1 saturated heterocycles. The number of ether oxygens (including phenoxy) is 1. The lowest BCUT2D eigenvalue weighted by molar-refractivity contribution is -0.122. The maximum atomic E-state index is 12.7. The van der Waals surface area contributed by atoms with Crippen LogP contribution in [-0.2, 0) is 20.9 Å². The standard InChI is InChI=1S/C22H20ClNO4/c23-16-10-8-14(9-11-16)13-28-22(27)15-4-3-5-17(12-15)24-20(25)18-6-1-2-7-19(18)21(24)26/h3-5,8-12,18-19H,1-2,6-7,13H2/t18-,19-/m1/s1. The summed E-state index contributed by atoms with van der Waals surface area (Å²) in [5.74, 6) is -1.25. The molecule has 2 amide bonds. The Labute approximate surface area is 168 Å². The van der Waals surface area contributed by atoms with Crippen molar-refractivity contribution in [2.45, 2.75) is 32.3 Å². The molecule has 6 heteroatoms. The Bertz CT molecular complexity index is 900. The first-order valence-corrected chi connectivity index (χ1v) is 9.82. The quantitative estimate of drug-likeness (QED) is 0.567. The van der Waals surface area contributed by atoms with Crippen LogP contribution in [0.4, 0.5) is 5.69 Å². The molecule has 2 aromatic rings. The molecule has 5 nitrogen and oxygen atoms in total. The van der Waals surface area contributed by atoms with Gasteiger partial charge in [0.05, 0.1) is 23.1 Å². The molecule has 0 bridgehead atoms. The maximum absolute atomic E-state index is 12.7. The van der Waals surface area contributed by atoms with Gasteiger partial charge < -0.3 is 4.74 Å². The number of halogens is 1. The van der Waals surface area contributed by atoms with Gasteiger partial charge in [-0.2, -0.15) is 0 Å². The Hall–Kier alpha value is -2.66. The number of carbonyl (C=O) groups excluding carboxylic acids is 3. The van der Waals surface area contributed by atoms with E-state index >= 15 is 0 Å². The van der Waals surface area contributed by atoms with E-state index in [2.05, 4.69) is 0 Å². The van der Waals surface area contributed by atoms with Gasteiger partial charge in [0.1, 0.15) is 6.61 Å². The number of anilines is 1. The minimum absolute atomic E-state index is 0.117. The summed E-state index contributed by atoms with van der Waals surface area (Å²) in [7, 11) is 0. The first-order valence-electron chi connectivity index (χ1n) is 9.44. The Kier molecular flexibility index (Phi) is 5.18. The second-order valence-electron chi connectivity index (χ2n) is 7.26. The fourth-order valence-electron chi connectivity index (χ4n) is 4.00. The molecule has 2 atom stereocenters. The van der Waals surface area contributed by atoms with Crippen molar-refractivity contribution >= 4 is 35.1 Å². The van der Waals surface area contributed by atoms with Gasteiger partial charge >= 0.3 is 5.97 Å². The molecule has 0 N–H and O–H groups in total. The highest BCUT2D eigenvalue weighted by Crippen LogP contribution is 2.40. The van der Waals surface area contributed by atoms with Crippen LogP contribution in [-0.4, -0.2) is 17.8 Å². The fourth-order valence-corrected chi connectivity index (χ4v) is 4.13. The van der Waals surface area contributed by atoms with E-state index in [1.807, 2.05) is 0 Å². The number of carbonyl (C=O) groups is 3. The average molecular weight is 398 g/mol. The zero-order valence-electron chi connectivity index (χ0n) is 15.3. The van der Waals surface area contributed by atoms with Crippen molar-refractivity contribution in [2.75, 3.05) is 4.90 Å². The number of benzene rings is 2. The minimum Gasteiger partial charge on any atom is -0.457 e. The Morgan fingerprint density at radius 2 is 1.64 bits per heavy atom. The monoisotopic (exact) mass is 397 g/mol. The van der Waals surface area contributed by atoms with Gasteiger partial charge in [-0.1, -0.05) is 42.6 Å². The van der Waals surface area contributed by atoms with Crippen molar-refractivity contribution in [3.05, 3.63) is 64.7 Å². The molecular formula is C22H20ClNO4. The van der Waals surface area contributed by atoms with Gasteiger partial charge in [0.15, 0.2) is 0 Å². The van der Waals surface area contributed by atoms with Crippen LogP contribution in [0.1, 0.15) is 41.6 Å². The van der Waals surface area contributed by atoms with Crippen molar-refractivity contribution in [3.8, 4) is 0 Å². The number of imide groups is 1. The second kappa shape index (κ2) is 7.76. The highest BCUT2D eigenvalue weighted by Gasteiger charge is 2.48. The summed E-state index contributed by atoms with van der Waals surface area (Å²) in [6.45, 7) is 0.117. The molecule has 0 spiro atoms. The molecule has 1 saturated carbocycles. The highest BCUT2D eigenvalue weighted by molar-refractivity contribution is 6.30. The topological polar surface area (TPSA) is 63.7 Å². The zero-order valence-corrected chi connectivity index (χ0v) is 16.0. The molecule has 2 fully saturated rings. The van der Waals surface area contributed by atoms with Crippen molar-refractivity contribution in [1.29, 1.82) is 0 Å². The smallest absolute Gasteiger partial charge is 0.338 e. The van der Waals surface area contributed by atoms with Crippen LogP contribution in [0.2, 0.25) is 5.02 Å². The lowest BCUT2D eigenvalue weighted by Crippen LogP contribution is -2.31. The van der Waals surface area contributed by atoms with Crippen LogP contribution in [0, 0.1) is 11.8 Å². The summed E-state index contributed by atoms with van der Waals surface area (Å²) in [6.07, 6.45) is 3.47. The van der Waals surface area contributed by atoms with Crippen molar-refractivity contribution < 1.29 is 19.1 Å². The third kappa shape index (κ3) is 3.54. The van der Waals surface area contributed by atoms with E-state index < -0.39 is 5.97 Å². The number of fused-ring (bicyclic) bond motifs is 1. The molecule has 1 heterocycles. The molecule has 28 heavy (non-hydrogen) atoms. The number of nitrogens with zero attached hydrogens (tertiary/aromatic N) is 1. The number of esters is 1. The molecule has 144 valence electrons. The molecule has 0 aromatic heterocycles. The van der Waals surface area contributed by atoms with Gasteiger partial charge in [-0.25, -0.2) is 4.79 Å². The third-order valence-corrected chi connectivity index (χ3v) is 5.72. The van der Waals surface area contributed by atoms with E-state index in [0.717, 1.165) is 31.2 Å². The molecule has 1 aliphatic heterocycles. The second-order valence-corrected chi connectivity index (χ2v) is 7.70. The highest BCUT2D eigenvalue weighted by atomic mass is 35.5. The van der Waals surface area contributed by atoms with Gasteiger partial charge in [-0.05, 0) is 48.7 Å². The molecular weight excluding hydrogens is 378 g/mol. The van der Waals surface area contributed by atoms with Crippen LogP contribution in [0.25, 0.3) is 0 Å². The lowest BCUT2D eigenvalue weighted by atomic mass is 9.81. The summed E-state index contributed by atoms with van der Waals surface area (Å²) in [6, 6.07) is 13.6. The van der Waals surface area contributed by atoms with Gasteiger partial charge in [-0.3, -0.25) is 14.5 Å². The number of rotatable bonds is 4. The first-order chi connectivity index (χ1) is 13.5. The normalized spacial score (nSPS) is 21.5. The van der Waals surface area contributed by atoms with E-state index in [1.54, 1.807) is 48.5 Å². The van der Waals surface area contributed by atoms with Crippen LogP contribution < -0.4 is 4.90 Å². The van der Waals surface area contributed by atoms with E-state index in [9.17, 15) is 14.4 Å². The van der Waals surface area contributed by atoms with Gasteiger partial charge in [-0.15, -0.1) is 0 Å². The van der Waals surface area contributed by atoms with Crippen LogP contribution >= 0.6 is 11.6 Å². The Morgan fingerprint density at radius 3 is 2.29 bits per heavy atom. The van der Waals surface area contributed by atoms with Crippen LogP contribution in [0.5, 0.6) is 0 Å². The van der Waals surface area contributed by atoms with Crippen LogP contribution in [0.15, 0.2) is 48.5 Å². The number of hydrogen-bond acceptors (Lipinski definition) is 4. The van der Waals surface area contributed by atoms with Crippen molar-refractivity contribution in [3.63, 3.8) is 0 Å². The number of amides is 2. The minimum atomic E-state index is -0.506. The van der Waals surface area contributed by atoms with E-state index in [1.165, 1.54) is 4.90 Å². The van der Waals surface area contributed by atoms with E-state index in [0.29, 0.717) is 16.3 Å². The summed E-state index contributed by atoms with van der Waals surface area (Å²) >= 11 is 5.85. The molecule has 2 aromatic carbocycles.